The predicted octanol–water partition coefficient (Wildman–Crippen LogP) is 2.28. The van der Waals surface area contributed by atoms with Crippen molar-refractivity contribution in [2.45, 2.75) is 18.3 Å². The molecule has 1 aromatic carbocycles. The van der Waals surface area contributed by atoms with Crippen molar-refractivity contribution in [3.05, 3.63) is 33.4 Å². The van der Waals surface area contributed by atoms with Gasteiger partial charge in [-0.15, -0.1) is 0 Å². The smallest absolute Gasteiger partial charge is 0.0168 e. The molecule has 1 aromatic rings. The van der Waals surface area contributed by atoms with Gasteiger partial charge in [0, 0.05) is 15.5 Å². The fourth-order valence-electron chi connectivity index (χ4n) is 1.63. The molecule has 12 heavy (non-hydrogen) atoms. The molecule has 1 aliphatic rings. The molecule has 1 aliphatic carbocycles. The lowest BCUT2D eigenvalue weighted by Crippen LogP contribution is -2.20. The minimum Gasteiger partial charge on any atom is -0.330 e. The van der Waals surface area contributed by atoms with Crippen LogP contribution in [0.1, 0.15) is 18.4 Å². The van der Waals surface area contributed by atoms with E-state index in [1.807, 2.05) is 0 Å². The van der Waals surface area contributed by atoms with Crippen LogP contribution in [-0.2, 0) is 5.41 Å². The van der Waals surface area contributed by atoms with E-state index in [0.29, 0.717) is 5.41 Å². The van der Waals surface area contributed by atoms with E-state index in [9.17, 15) is 0 Å². The molecule has 0 bridgehead atoms. The molecule has 0 heterocycles. The highest BCUT2D eigenvalue weighted by Gasteiger charge is 2.43. The van der Waals surface area contributed by atoms with Crippen LogP contribution in [0.4, 0.5) is 0 Å². The first kappa shape index (κ1) is 8.51. The van der Waals surface area contributed by atoms with Crippen molar-refractivity contribution in [3.8, 4) is 0 Å². The molecule has 0 unspecified atom stereocenters. The van der Waals surface area contributed by atoms with Gasteiger partial charge < -0.3 is 5.73 Å². The largest absolute Gasteiger partial charge is 0.330 e. The standard InChI is InChI=1S/C10H12IN/c11-9-4-2-1-3-8(9)10(7-12)5-6-10/h1-4H,5-7,12H2. The third-order valence-corrected chi connectivity index (χ3v) is 3.63. The summed E-state index contributed by atoms with van der Waals surface area (Å²) in [5, 5.41) is 0. The Hall–Kier alpha value is -0.0900. The van der Waals surface area contributed by atoms with Gasteiger partial charge in [0.15, 0.2) is 0 Å². The number of nitrogens with two attached hydrogens (primary N) is 1. The molecule has 2 rings (SSSR count). The van der Waals surface area contributed by atoms with Crippen molar-refractivity contribution in [3.63, 3.8) is 0 Å². The Bertz CT molecular complexity index is 292. The number of benzene rings is 1. The topological polar surface area (TPSA) is 26.0 Å². The van der Waals surface area contributed by atoms with Gasteiger partial charge in [-0.05, 0) is 47.1 Å². The first-order valence-electron chi connectivity index (χ1n) is 4.24. The van der Waals surface area contributed by atoms with Crippen LogP contribution in [0.2, 0.25) is 0 Å². The zero-order valence-corrected chi connectivity index (χ0v) is 9.04. The van der Waals surface area contributed by atoms with Crippen molar-refractivity contribution >= 4 is 22.6 Å². The summed E-state index contributed by atoms with van der Waals surface area (Å²) in [5.41, 5.74) is 7.56. The monoisotopic (exact) mass is 273 g/mol. The van der Waals surface area contributed by atoms with Gasteiger partial charge in [-0.3, -0.25) is 0 Å². The van der Waals surface area contributed by atoms with Gasteiger partial charge in [0.2, 0.25) is 0 Å². The summed E-state index contributed by atoms with van der Waals surface area (Å²) in [6, 6.07) is 8.55. The van der Waals surface area contributed by atoms with Gasteiger partial charge in [0.25, 0.3) is 0 Å². The Morgan fingerprint density at radius 3 is 2.50 bits per heavy atom. The summed E-state index contributed by atoms with van der Waals surface area (Å²) in [4.78, 5) is 0. The van der Waals surface area contributed by atoms with Crippen LogP contribution in [0.3, 0.4) is 0 Å². The van der Waals surface area contributed by atoms with E-state index in [-0.39, 0.29) is 0 Å². The molecule has 0 spiro atoms. The summed E-state index contributed by atoms with van der Waals surface area (Å²) < 4.78 is 1.36. The van der Waals surface area contributed by atoms with Crippen LogP contribution >= 0.6 is 22.6 Å². The molecule has 1 nitrogen and oxygen atoms in total. The summed E-state index contributed by atoms with van der Waals surface area (Å²) in [7, 11) is 0. The maximum Gasteiger partial charge on any atom is 0.0168 e. The lowest BCUT2D eigenvalue weighted by Gasteiger charge is -2.14. The molecule has 2 N–H and O–H groups in total. The zero-order chi connectivity index (χ0) is 8.60. The average Bonchev–Trinajstić information content (AvgIpc) is 2.86. The predicted molar refractivity (Wildman–Crippen MR) is 59.1 cm³/mol. The molecular weight excluding hydrogens is 261 g/mol. The van der Waals surface area contributed by atoms with Gasteiger partial charge in [-0.25, -0.2) is 0 Å². The van der Waals surface area contributed by atoms with Gasteiger partial charge in [-0.2, -0.15) is 0 Å². The molecule has 0 radical (unpaired) electrons. The normalized spacial score (nSPS) is 19.2. The van der Waals surface area contributed by atoms with E-state index in [4.69, 9.17) is 5.73 Å². The average molecular weight is 273 g/mol. The highest BCUT2D eigenvalue weighted by Crippen LogP contribution is 2.48. The number of rotatable bonds is 2. The van der Waals surface area contributed by atoms with Crippen LogP contribution in [0, 0.1) is 3.57 Å². The lowest BCUT2D eigenvalue weighted by atomic mass is 9.96. The molecule has 2 heteroatoms. The summed E-state index contributed by atoms with van der Waals surface area (Å²) in [6.07, 6.45) is 2.53. The molecule has 0 atom stereocenters. The van der Waals surface area contributed by atoms with E-state index in [1.54, 1.807) is 0 Å². The van der Waals surface area contributed by atoms with Crippen molar-refractivity contribution in [1.29, 1.82) is 0 Å². The van der Waals surface area contributed by atoms with Gasteiger partial charge in [-0.1, -0.05) is 18.2 Å². The van der Waals surface area contributed by atoms with Crippen molar-refractivity contribution in [2.24, 2.45) is 5.73 Å². The second-order valence-electron chi connectivity index (χ2n) is 3.46. The van der Waals surface area contributed by atoms with Crippen LogP contribution in [0.15, 0.2) is 24.3 Å². The Morgan fingerprint density at radius 1 is 1.33 bits per heavy atom. The summed E-state index contributed by atoms with van der Waals surface area (Å²) in [5.74, 6) is 0. The van der Waals surface area contributed by atoms with Crippen LogP contribution in [0.5, 0.6) is 0 Å². The van der Waals surface area contributed by atoms with Gasteiger partial charge in [0.05, 0.1) is 0 Å². The molecule has 0 amide bonds. The Kier molecular flexibility index (Phi) is 2.12. The number of hydrogen-bond acceptors (Lipinski definition) is 1. The third-order valence-electron chi connectivity index (χ3n) is 2.69. The number of halogens is 1. The van der Waals surface area contributed by atoms with Crippen molar-refractivity contribution in [1.82, 2.24) is 0 Å². The number of hydrogen-bond donors (Lipinski definition) is 1. The second-order valence-corrected chi connectivity index (χ2v) is 4.63. The van der Waals surface area contributed by atoms with E-state index in [2.05, 4.69) is 46.9 Å². The SMILES string of the molecule is NCC1(c2ccccc2I)CC1. The maximum absolute atomic E-state index is 5.77. The van der Waals surface area contributed by atoms with Gasteiger partial charge in [0.1, 0.15) is 0 Å². The summed E-state index contributed by atoms with van der Waals surface area (Å²) >= 11 is 2.39. The zero-order valence-electron chi connectivity index (χ0n) is 6.89. The van der Waals surface area contributed by atoms with Crippen molar-refractivity contribution < 1.29 is 0 Å². The molecule has 0 aliphatic heterocycles. The lowest BCUT2D eigenvalue weighted by molar-refractivity contribution is 0.701. The Morgan fingerprint density at radius 2 is 2.00 bits per heavy atom. The maximum atomic E-state index is 5.77. The van der Waals surface area contributed by atoms with E-state index < -0.39 is 0 Å². The van der Waals surface area contributed by atoms with E-state index in [0.717, 1.165) is 6.54 Å². The fourth-order valence-corrected chi connectivity index (χ4v) is 2.59. The minimum atomic E-state index is 0.345. The Labute approximate surface area is 86.5 Å². The van der Waals surface area contributed by atoms with Crippen LogP contribution < -0.4 is 5.73 Å². The highest BCUT2D eigenvalue weighted by atomic mass is 127. The van der Waals surface area contributed by atoms with Crippen LogP contribution in [-0.4, -0.2) is 6.54 Å². The fraction of sp³-hybridized carbons (Fsp3) is 0.400. The first-order valence-corrected chi connectivity index (χ1v) is 5.31. The molecular formula is C10H12IN. The summed E-state index contributed by atoms with van der Waals surface area (Å²) in [6.45, 7) is 0.799. The molecule has 1 fully saturated rings. The second kappa shape index (κ2) is 3.00. The van der Waals surface area contributed by atoms with Gasteiger partial charge >= 0.3 is 0 Å². The minimum absolute atomic E-state index is 0.345. The van der Waals surface area contributed by atoms with E-state index >= 15 is 0 Å². The molecule has 64 valence electrons. The molecule has 0 saturated heterocycles. The third kappa shape index (κ3) is 1.27. The van der Waals surface area contributed by atoms with Crippen LogP contribution in [0.25, 0.3) is 0 Å². The quantitative estimate of drug-likeness (QED) is 0.822. The molecule has 0 aromatic heterocycles. The molecule has 1 saturated carbocycles. The van der Waals surface area contributed by atoms with E-state index in [1.165, 1.54) is 22.0 Å². The Balaban J connectivity index is 2.40. The first-order chi connectivity index (χ1) is 5.78. The van der Waals surface area contributed by atoms with Crippen molar-refractivity contribution in [2.75, 3.05) is 6.54 Å². The highest BCUT2D eigenvalue weighted by molar-refractivity contribution is 14.1.